The number of carboxylic acids is 1. The number of aliphatic carboxylic acids is 1. The summed E-state index contributed by atoms with van der Waals surface area (Å²) in [6, 6.07) is 0. The number of ether oxygens (including phenoxy) is 3. The van der Waals surface area contributed by atoms with Crippen LogP contribution in [0, 0.1) is 5.92 Å². The maximum absolute atomic E-state index is 12.2. The van der Waals surface area contributed by atoms with Crippen molar-refractivity contribution < 1.29 is 33.7 Å². The molecule has 0 aromatic heterocycles. The normalized spacial score (nSPS) is 16.6. The largest absolute Gasteiger partial charge is 0.481 e. The Hall–Kier alpha value is -1.89. The van der Waals surface area contributed by atoms with E-state index in [1.807, 2.05) is 0 Å². The number of carbonyl (C=O) groups excluding carboxylic acids is 2. The van der Waals surface area contributed by atoms with Gasteiger partial charge in [0.1, 0.15) is 12.7 Å². The van der Waals surface area contributed by atoms with E-state index in [4.69, 9.17) is 19.3 Å². The molecule has 7 nitrogen and oxygen atoms in total. The molecule has 2 atom stereocenters. The van der Waals surface area contributed by atoms with Gasteiger partial charge in [0.05, 0.1) is 19.1 Å². The molecule has 0 spiro atoms. The summed E-state index contributed by atoms with van der Waals surface area (Å²) in [6.07, 6.45) is 5.57. The van der Waals surface area contributed by atoms with Crippen molar-refractivity contribution in [1.82, 2.24) is 0 Å². The highest BCUT2D eigenvalue weighted by atomic mass is 16.6. The van der Waals surface area contributed by atoms with Crippen LogP contribution in [0.2, 0.25) is 0 Å². The molecule has 0 saturated carbocycles. The zero-order chi connectivity index (χ0) is 19.4. The van der Waals surface area contributed by atoms with E-state index in [2.05, 4.69) is 6.58 Å². The van der Waals surface area contributed by atoms with Gasteiger partial charge in [-0.2, -0.15) is 0 Å². The smallest absolute Gasteiger partial charge is 0.333 e. The van der Waals surface area contributed by atoms with E-state index >= 15 is 0 Å². The van der Waals surface area contributed by atoms with Crippen LogP contribution in [0.3, 0.4) is 0 Å². The van der Waals surface area contributed by atoms with Gasteiger partial charge in [0, 0.05) is 12.0 Å². The first kappa shape index (κ1) is 22.2. The molecule has 1 aliphatic heterocycles. The van der Waals surface area contributed by atoms with E-state index < -0.39 is 11.9 Å². The summed E-state index contributed by atoms with van der Waals surface area (Å²) in [7, 11) is 0. The van der Waals surface area contributed by atoms with Crippen molar-refractivity contribution in [3.63, 3.8) is 0 Å². The number of unbranched alkanes of at least 4 members (excludes halogenated alkanes) is 4. The van der Waals surface area contributed by atoms with E-state index in [1.54, 1.807) is 6.92 Å². The Morgan fingerprint density at radius 2 is 1.77 bits per heavy atom. The SMILES string of the molecule is C=C(C)C(=O)OCCC(CCCCCCCC(=O)O)C(=O)OCC1CO1. The zero-order valence-electron chi connectivity index (χ0n) is 15.5. The monoisotopic (exact) mass is 370 g/mol. The molecule has 0 aliphatic carbocycles. The van der Waals surface area contributed by atoms with Crippen LogP contribution in [0.1, 0.15) is 58.3 Å². The second kappa shape index (κ2) is 12.5. The van der Waals surface area contributed by atoms with Crippen LogP contribution in [0.4, 0.5) is 0 Å². The molecule has 2 unspecified atom stereocenters. The minimum atomic E-state index is -0.767. The number of hydrogen-bond acceptors (Lipinski definition) is 6. The minimum absolute atomic E-state index is 0.0232. The molecular formula is C19H30O7. The average Bonchev–Trinajstić information content (AvgIpc) is 3.41. The number of rotatable bonds is 15. The number of hydrogen-bond donors (Lipinski definition) is 1. The van der Waals surface area contributed by atoms with Gasteiger partial charge in [-0.3, -0.25) is 9.59 Å². The summed E-state index contributed by atoms with van der Waals surface area (Å²) >= 11 is 0. The summed E-state index contributed by atoms with van der Waals surface area (Å²) in [5.74, 6) is -1.82. The molecule has 1 N–H and O–H groups in total. The van der Waals surface area contributed by atoms with Crippen LogP contribution < -0.4 is 0 Å². The molecule has 0 amide bonds. The van der Waals surface area contributed by atoms with Gasteiger partial charge >= 0.3 is 17.9 Å². The third-order valence-electron chi connectivity index (χ3n) is 4.14. The van der Waals surface area contributed by atoms with Crippen molar-refractivity contribution in [3.8, 4) is 0 Å². The molecule has 1 rings (SSSR count). The van der Waals surface area contributed by atoms with Gasteiger partial charge in [-0.05, 0) is 26.2 Å². The molecule has 1 fully saturated rings. The molecule has 7 heteroatoms. The molecular weight excluding hydrogens is 340 g/mol. The van der Waals surface area contributed by atoms with E-state index in [1.165, 1.54) is 0 Å². The fraction of sp³-hybridized carbons (Fsp3) is 0.737. The summed E-state index contributed by atoms with van der Waals surface area (Å²) < 4.78 is 15.4. The summed E-state index contributed by atoms with van der Waals surface area (Å²) in [5, 5.41) is 8.60. The topological polar surface area (TPSA) is 102 Å². The van der Waals surface area contributed by atoms with Crippen molar-refractivity contribution >= 4 is 17.9 Å². The third-order valence-corrected chi connectivity index (χ3v) is 4.14. The maximum Gasteiger partial charge on any atom is 0.333 e. The van der Waals surface area contributed by atoms with Crippen LogP contribution in [-0.4, -0.2) is 48.9 Å². The highest BCUT2D eigenvalue weighted by Gasteiger charge is 2.27. The van der Waals surface area contributed by atoms with Crippen LogP contribution in [-0.2, 0) is 28.6 Å². The van der Waals surface area contributed by atoms with E-state index in [9.17, 15) is 14.4 Å². The van der Waals surface area contributed by atoms with Crippen molar-refractivity contribution in [2.75, 3.05) is 19.8 Å². The molecule has 0 aromatic rings. The fourth-order valence-corrected chi connectivity index (χ4v) is 2.45. The first-order valence-corrected chi connectivity index (χ1v) is 9.22. The predicted molar refractivity (Wildman–Crippen MR) is 94.5 cm³/mol. The van der Waals surface area contributed by atoms with Gasteiger partial charge in [-0.15, -0.1) is 0 Å². The van der Waals surface area contributed by atoms with Gasteiger partial charge < -0.3 is 19.3 Å². The van der Waals surface area contributed by atoms with Crippen LogP contribution in [0.25, 0.3) is 0 Å². The van der Waals surface area contributed by atoms with Crippen LogP contribution in [0.5, 0.6) is 0 Å². The molecule has 1 aliphatic rings. The van der Waals surface area contributed by atoms with Crippen LogP contribution >= 0.6 is 0 Å². The molecule has 0 radical (unpaired) electrons. The van der Waals surface area contributed by atoms with Gasteiger partial charge in [-0.1, -0.05) is 32.3 Å². The maximum atomic E-state index is 12.2. The Bertz CT molecular complexity index is 482. The lowest BCUT2D eigenvalue weighted by molar-refractivity contribution is -0.151. The molecule has 1 heterocycles. The number of esters is 2. The van der Waals surface area contributed by atoms with E-state index in [0.717, 1.165) is 25.7 Å². The summed E-state index contributed by atoms with van der Waals surface area (Å²) in [5.41, 5.74) is 0.330. The predicted octanol–water partition coefficient (Wildman–Crippen LogP) is 2.87. The molecule has 26 heavy (non-hydrogen) atoms. The highest BCUT2D eigenvalue weighted by Crippen LogP contribution is 2.19. The highest BCUT2D eigenvalue weighted by molar-refractivity contribution is 5.86. The van der Waals surface area contributed by atoms with Crippen molar-refractivity contribution in [3.05, 3.63) is 12.2 Å². The molecule has 1 saturated heterocycles. The fourth-order valence-electron chi connectivity index (χ4n) is 2.45. The lowest BCUT2D eigenvalue weighted by Crippen LogP contribution is -2.22. The van der Waals surface area contributed by atoms with Crippen molar-refractivity contribution in [2.24, 2.45) is 5.92 Å². The average molecular weight is 370 g/mol. The zero-order valence-corrected chi connectivity index (χ0v) is 15.5. The Kier molecular flexibility index (Phi) is 10.6. The van der Waals surface area contributed by atoms with Gasteiger partial charge in [0.15, 0.2) is 0 Å². The van der Waals surface area contributed by atoms with Gasteiger partial charge in [0.2, 0.25) is 0 Å². The number of epoxide rings is 1. The second-order valence-electron chi connectivity index (χ2n) is 6.69. The summed E-state index contributed by atoms with van der Waals surface area (Å²) in [6.45, 7) is 6.16. The van der Waals surface area contributed by atoms with E-state index in [-0.39, 0.29) is 37.6 Å². The number of carbonyl (C=O) groups is 3. The minimum Gasteiger partial charge on any atom is -0.481 e. The van der Waals surface area contributed by atoms with Gasteiger partial charge in [0.25, 0.3) is 0 Å². The quantitative estimate of drug-likeness (QED) is 0.205. The third kappa shape index (κ3) is 10.9. The molecule has 148 valence electrons. The van der Waals surface area contributed by atoms with Crippen molar-refractivity contribution in [2.45, 2.75) is 64.4 Å². The standard InChI is InChI=1S/C19H30O7/c1-14(2)18(22)24-11-10-15(19(23)26-13-16-12-25-16)8-6-4-3-5-7-9-17(20)21/h15-16H,1,3-13H2,2H3,(H,20,21). The lowest BCUT2D eigenvalue weighted by atomic mass is 9.97. The molecule has 0 aromatic carbocycles. The second-order valence-corrected chi connectivity index (χ2v) is 6.69. The van der Waals surface area contributed by atoms with Gasteiger partial charge in [-0.25, -0.2) is 4.79 Å². The Balaban J connectivity index is 2.26. The Labute approximate surface area is 154 Å². The number of carboxylic acid groups (broad SMARTS) is 1. The Morgan fingerprint density at radius 1 is 1.12 bits per heavy atom. The lowest BCUT2D eigenvalue weighted by Gasteiger charge is -2.16. The Morgan fingerprint density at radius 3 is 2.38 bits per heavy atom. The van der Waals surface area contributed by atoms with E-state index in [0.29, 0.717) is 31.4 Å². The van der Waals surface area contributed by atoms with Crippen molar-refractivity contribution in [1.29, 1.82) is 0 Å². The summed E-state index contributed by atoms with van der Waals surface area (Å²) in [4.78, 5) is 34.1. The first-order valence-electron chi connectivity index (χ1n) is 9.22. The van der Waals surface area contributed by atoms with Crippen LogP contribution in [0.15, 0.2) is 12.2 Å². The molecule has 0 bridgehead atoms. The first-order chi connectivity index (χ1) is 12.4.